The van der Waals surface area contributed by atoms with E-state index in [1.165, 1.54) is 82.5 Å². The van der Waals surface area contributed by atoms with E-state index in [1.54, 1.807) is 0 Å². The summed E-state index contributed by atoms with van der Waals surface area (Å²) in [5.74, 6) is 0. The molecule has 0 saturated carbocycles. The first-order valence-corrected chi connectivity index (χ1v) is 17.5. The maximum absolute atomic E-state index is 5.17. The van der Waals surface area contributed by atoms with Crippen molar-refractivity contribution in [3.63, 3.8) is 0 Å². The lowest BCUT2D eigenvalue weighted by molar-refractivity contribution is 1.19. The smallest absolute Gasteiger partial charge is 0.0722 e. The molecule has 1 aliphatic carbocycles. The zero-order valence-electron chi connectivity index (χ0n) is 27.7. The van der Waals surface area contributed by atoms with Crippen LogP contribution in [0.25, 0.3) is 105 Å². The number of pyridine rings is 1. The van der Waals surface area contributed by atoms with Crippen LogP contribution in [0.15, 0.2) is 182 Å². The van der Waals surface area contributed by atoms with Gasteiger partial charge in [0.15, 0.2) is 0 Å². The second-order valence-corrected chi connectivity index (χ2v) is 13.6. The molecule has 0 N–H and O–H groups in total. The molecule has 0 amide bonds. The third-order valence-electron chi connectivity index (χ3n) is 10.7. The molecule has 0 spiro atoms. The van der Waals surface area contributed by atoms with Gasteiger partial charge in [0, 0.05) is 27.4 Å². The summed E-state index contributed by atoms with van der Waals surface area (Å²) in [4.78, 5) is 5.17. The van der Waals surface area contributed by atoms with Crippen molar-refractivity contribution in [3.8, 4) is 61.5 Å². The molecule has 0 unspecified atom stereocenters. The number of aromatic nitrogens is 2. The monoisotopic (exact) mass is 646 g/mol. The first-order chi connectivity index (χ1) is 25.3. The summed E-state index contributed by atoms with van der Waals surface area (Å²) in [5, 5.41) is 6.17. The fourth-order valence-electron chi connectivity index (χ4n) is 8.30. The van der Waals surface area contributed by atoms with Gasteiger partial charge in [0.2, 0.25) is 0 Å². The van der Waals surface area contributed by atoms with Gasteiger partial charge >= 0.3 is 0 Å². The van der Waals surface area contributed by atoms with E-state index in [-0.39, 0.29) is 0 Å². The Bertz CT molecular complexity index is 3020. The first kappa shape index (κ1) is 28.1. The summed E-state index contributed by atoms with van der Waals surface area (Å²) < 4.78 is 2.41. The Labute approximate surface area is 295 Å². The number of fused-ring (bicyclic) bond motifs is 7. The minimum Gasteiger partial charge on any atom is -0.309 e. The first-order valence-electron chi connectivity index (χ1n) is 17.5. The van der Waals surface area contributed by atoms with E-state index >= 15 is 0 Å². The van der Waals surface area contributed by atoms with Gasteiger partial charge in [-0.15, -0.1) is 0 Å². The second kappa shape index (κ2) is 10.9. The summed E-state index contributed by atoms with van der Waals surface area (Å²) in [5.41, 5.74) is 16.8. The van der Waals surface area contributed by atoms with Gasteiger partial charge in [-0.1, -0.05) is 127 Å². The van der Waals surface area contributed by atoms with E-state index in [9.17, 15) is 0 Å². The molecule has 0 atom stereocenters. The molecule has 2 heteroatoms. The Balaban J connectivity index is 1.01. The summed E-state index contributed by atoms with van der Waals surface area (Å²) in [7, 11) is 0. The SMILES string of the molecule is c1ccc(-c2cccc(-c3ccc4c(c3)c3ccccc3n4-c3ccc4cc(-c5cc6c7c(cccc7n5)-c5ccccc5-6)ccc4c3)c2)cc1. The van der Waals surface area contributed by atoms with Crippen LogP contribution in [-0.2, 0) is 0 Å². The van der Waals surface area contributed by atoms with E-state index in [4.69, 9.17) is 4.98 Å². The van der Waals surface area contributed by atoms with Crippen molar-refractivity contribution in [3.05, 3.63) is 182 Å². The highest BCUT2D eigenvalue weighted by Gasteiger charge is 2.22. The highest BCUT2D eigenvalue weighted by Crippen LogP contribution is 2.47. The molecule has 10 aromatic rings. The van der Waals surface area contributed by atoms with Crippen molar-refractivity contribution in [2.24, 2.45) is 0 Å². The van der Waals surface area contributed by atoms with Gasteiger partial charge in [0.25, 0.3) is 0 Å². The van der Waals surface area contributed by atoms with E-state index in [2.05, 4.69) is 187 Å². The Morgan fingerprint density at radius 3 is 1.90 bits per heavy atom. The number of hydrogen-bond acceptors (Lipinski definition) is 1. The largest absolute Gasteiger partial charge is 0.309 e. The van der Waals surface area contributed by atoms with Gasteiger partial charge in [0.05, 0.1) is 22.2 Å². The number of rotatable bonds is 4. The predicted octanol–water partition coefficient (Wildman–Crippen LogP) is 13.1. The average Bonchev–Trinajstić information content (AvgIpc) is 3.71. The molecule has 2 nitrogen and oxygen atoms in total. The summed E-state index contributed by atoms with van der Waals surface area (Å²) in [6, 6.07) is 66.2. The molecule has 11 rings (SSSR count). The van der Waals surface area contributed by atoms with E-state index in [1.807, 2.05) is 0 Å². The third kappa shape index (κ3) is 4.33. The molecule has 2 aromatic heterocycles. The molecule has 8 aromatic carbocycles. The minimum absolute atomic E-state index is 1.00. The molecule has 0 radical (unpaired) electrons. The van der Waals surface area contributed by atoms with Crippen LogP contribution in [-0.4, -0.2) is 9.55 Å². The third-order valence-corrected chi connectivity index (χ3v) is 10.7. The van der Waals surface area contributed by atoms with Gasteiger partial charge in [-0.2, -0.15) is 0 Å². The predicted molar refractivity (Wildman–Crippen MR) is 214 cm³/mol. The average molecular weight is 647 g/mol. The number of para-hydroxylation sites is 1. The van der Waals surface area contributed by atoms with Crippen molar-refractivity contribution in [2.45, 2.75) is 0 Å². The van der Waals surface area contributed by atoms with Crippen LogP contribution >= 0.6 is 0 Å². The van der Waals surface area contributed by atoms with Crippen molar-refractivity contribution in [2.75, 3.05) is 0 Å². The van der Waals surface area contributed by atoms with Crippen LogP contribution in [0, 0.1) is 0 Å². The summed E-state index contributed by atoms with van der Waals surface area (Å²) >= 11 is 0. The summed E-state index contributed by atoms with van der Waals surface area (Å²) in [6.45, 7) is 0. The Kier molecular flexibility index (Phi) is 5.99. The van der Waals surface area contributed by atoms with Gasteiger partial charge in [-0.25, -0.2) is 4.98 Å². The van der Waals surface area contributed by atoms with Gasteiger partial charge in [-0.05, 0) is 110 Å². The quantitative estimate of drug-likeness (QED) is 0.186. The zero-order chi connectivity index (χ0) is 33.5. The van der Waals surface area contributed by atoms with Crippen molar-refractivity contribution >= 4 is 43.5 Å². The number of hydrogen-bond donors (Lipinski definition) is 0. The van der Waals surface area contributed by atoms with Crippen LogP contribution in [0.3, 0.4) is 0 Å². The Morgan fingerprint density at radius 1 is 0.353 bits per heavy atom. The zero-order valence-corrected chi connectivity index (χ0v) is 27.7. The highest BCUT2D eigenvalue weighted by molar-refractivity contribution is 6.15. The van der Waals surface area contributed by atoms with Crippen molar-refractivity contribution < 1.29 is 0 Å². The topological polar surface area (TPSA) is 17.8 Å². The molecular formula is C49H30N2. The van der Waals surface area contributed by atoms with Crippen molar-refractivity contribution in [1.82, 2.24) is 9.55 Å². The Morgan fingerprint density at radius 2 is 1.00 bits per heavy atom. The van der Waals surface area contributed by atoms with Crippen LogP contribution in [0.5, 0.6) is 0 Å². The Hall–Kier alpha value is -6.77. The lowest BCUT2D eigenvalue weighted by atomic mass is 9.98. The molecule has 0 aliphatic heterocycles. The van der Waals surface area contributed by atoms with Crippen LogP contribution in [0.2, 0.25) is 0 Å². The minimum atomic E-state index is 1.00. The van der Waals surface area contributed by atoms with Crippen LogP contribution in [0.1, 0.15) is 0 Å². The van der Waals surface area contributed by atoms with E-state index < -0.39 is 0 Å². The molecule has 0 fully saturated rings. The second-order valence-electron chi connectivity index (χ2n) is 13.6. The fraction of sp³-hybridized carbons (Fsp3) is 0. The lowest BCUT2D eigenvalue weighted by Gasteiger charge is -2.11. The normalized spacial score (nSPS) is 11.9. The molecule has 1 aliphatic rings. The standard InChI is InChI=1S/C49H30N2/c1-2-10-31(11-3-1)32-12-8-13-33(26-32)36-23-25-48-43(29-36)41-16-6-7-19-47(41)51(48)38-24-22-34-27-37(21-20-35(34)28-38)46-30-44-40-15-5-4-14-39(40)42-17-9-18-45(50-46)49(42)44/h1-30H. The highest BCUT2D eigenvalue weighted by atomic mass is 15.0. The number of benzene rings is 8. The van der Waals surface area contributed by atoms with Crippen molar-refractivity contribution in [1.29, 1.82) is 0 Å². The van der Waals surface area contributed by atoms with Crippen LogP contribution < -0.4 is 0 Å². The molecule has 2 heterocycles. The van der Waals surface area contributed by atoms with Gasteiger partial charge in [-0.3, -0.25) is 0 Å². The molecular weight excluding hydrogens is 617 g/mol. The lowest BCUT2D eigenvalue weighted by Crippen LogP contribution is -1.94. The molecule has 236 valence electrons. The maximum Gasteiger partial charge on any atom is 0.0722 e. The number of nitrogens with zero attached hydrogens (tertiary/aromatic N) is 2. The summed E-state index contributed by atoms with van der Waals surface area (Å²) in [6.07, 6.45) is 0. The van der Waals surface area contributed by atoms with E-state index in [0.29, 0.717) is 0 Å². The van der Waals surface area contributed by atoms with Crippen LogP contribution in [0.4, 0.5) is 0 Å². The van der Waals surface area contributed by atoms with E-state index in [0.717, 1.165) is 22.5 Å². The van der Waals surface area contributed by atoms with Gasteiger partial charge < -0.3 is 4.57 Å². The molecule has 51 heavy (non-hydrogen) atoms. The fourth-order valence-corrected chi connectivity index (χ4v) is 8.30. The molecule has 0 saturated heterocycles. The maximum atomic E-state index is 5.17. The van der Waals surface area contributed by atoms with Gasteiger partial charge in [0.1, 0.15) is 0 Å². The molecule has 0 bridgehead atoms.